The van der Waals surface area contributed by atoms with Crippen LogP contribution in [0, 0.1) is 0 Å². The molecule has 0 fully saturated rings. The largest absolute Gasteiger partial charge is 0.309 e. The molecule has 0 saturated heterocycles. The zero-order chi connectivity index (χ0) is 29.5. The van der Waals surface area contributed by atoms with E-state index in [9.17, 15) is 0 Å². The molecule has 0 saturated carbocycles. The third-order valence-corrected chi connectivity index (χ3v) is 9.21. The van der Waals surface area contributed by atoms with Crippen molar-refractivity contribution >= 4 is 65.4 Å². The second kappa shape index (κ2) is 9.15. The van der Waals surface area contributed by atoms with Gasteiger partial charge in [0.1, 0.15) is 6.33 Å². The zero-order valence-corrected chi connectivity index (χ0v) is 24.2. The zero-order valence-electron chi connectivity index (χ0n) is 24.2. The highest BCUT2D eigenvalue weighted by Crippen LogP contribution is 2.38. The van der Waals surface area contributed by atoms with Gasteiger partial charge in [-0.1, -0.05) is 72.8 Å². The van der Waals surface area contributed by atoms with E-state index >= 15 is 0 Å². The molecule has 0 unspecified atom stereocenters. The van der Waals surface area contributed by atoms with Crippen LogP contribution < -0.4 is 0 Å². The highest BCUT2D eigenvalue weighted by molar-refractivity contribution is 6.13. The van der Waals surface area contributed by atoms with Crippen LogP contribution in [0.2, 0.25) is 0 Å². The van der Waals surface area contributed by atoms with Crippen molar-refractivity contribution in [3.8, 4) is 17.1 Å². The smallest absolute Gasteiger partial charge is 0.115 e. The number of aromatic nitrogens is 5. The molecule has 10 rings (SSSR count). The van der Waals surface area contributed by atoms with Gasteiger partial charge in [-0.15, -0.1) is 0 Å². The van der Waals surface area contributed by atoms with Crippen molar-refractivity contribution < 1.29 is 0 Å². The minimum Gasteiger partial charge on any atom is -0.309 e. The highest BCUT2D eigenvalue weighted by Gasteiger charge is 2.18. The first-order chi connectivity index (χ1) is 22.3. The average Bonchev–Trinajstić information content (AvgIpc) is 3.74. The number of rotatable bonds is 3. The molecule has 0 aliphatic heterocycles. The minimum absolute atomic E-state index is 0.950. The van der Waals surface area contributed by atoms with Crippen molar-refractivity contribution in [3.05, 3.63) is 152 Å². The molecule has 0 aliphatic rings. The fraction of sp³-hybridized carbons (Fsp3) is 0. The Hall–Kier alpha value is -6.20. The van der Waals surface area contributed by atoms with Crippen molar-refractivity contribution in [3.63, 3.8) is 0 Å². The van der Waals surface area contributed by atoms with Crippen LogP contribution in [0.15, 0.2) is 152 Å². The Bertz CT molecular complexity index is 2710. The van der Waals surface area contributed by atoms with Gasteiger partial charge >= 0.3 is 0 Å². The van der Waals surface area contributed by atoms with Crippen LogP contribution in [-0.2, 0) is 0 Å². The summed E-state index contributed by atoms with van der Waals surface area (Å²) < 4.78 is 7.04. The number of fused-ring (bicyclic) bond motifs is 9. The van der Waals surface area contributed by atoms with E-state index in [0.29, 0.717) is 0 Å². The fourth-order valence-electron chi connectivity index (χ4n) is 7.36. The summed E-state index contributed by atoms with van der Waals surface area (Å²) in [4.78, 5) is 8.60. The Morgan fingerprint density at radius 2 is 0.644 bits per heavy atom. The van der Waals surface area contributed by atoms with Gasteiger partial charge in [0.25, 0.3) is 0 Å². The summed E-state index contributed by atoms with van der Waals surface area (Å²) >= 11 is 0. The maximum absolute atomic E-state index is 4.30. The van der Waals surface area contributed by atoms with Gasteiger partial charge in [0.15, 0.2) is 0 Å². The van der Waals surface area contributed by atoms with Crippen molar-refractivity contribution in [2.45, 2.75) is 0 Å². The van der Waals surface area contributed by atoms with Gasteiger partial charge in [-0.05, 0) is 60.7 Å². The lowest BCUT2D eigenvalue weighted by molar-refractivity contribution is 1.07. The number of para-hydroxylation sites is 4. The van der Waals surface area contributed by atoms with E-state index in [4.69, 9.17) is 0 Å². The Balaban J connectivity index is 1.24. The molecule has 0 amide bonds. The molecule has 4 aromatic heterocycles. The van der Waals surface area contributed by atoms with Gasteiger partial charge in [0, 0.05) is 43.7 Å². The Kier molecular flexibility index (Phi) is 4.93. The third-order valence-electron chi connectivity index (χ3n) is 9.21. The second-order valence-corrected chi connectivity index (χ2v) is 11.6. The van der Waals surface area contributed by atoms with Crippen molar-refractivity contribution in [1.29, 1.82) is 0 Å². The molecule has 0 N–H and O–H groups in total. The first-order valence-electron chi connectivity index (χ1n) is 15.2. The molecule has 210 valence electrons. The van der Waals surface area contributed by atoms with Gasteiger partial charge in [0.2, 0.25) is 0 Å². The Morgan fingerprint density at radius 3 is 1.07 bits per heavy atom. The van der Waals surface area contributed by atoms with E-state index in [1.165, 1.54) is 54.4 Å². The molecule has 0 bridgehead atoms. The summed E-state index contributed by atoms with van der Waals surface area (Å²) in [6.07, 6.45) is 5.31. The second-order valence-electron chi connectivity index (χ2n) is 11.6. The predicted molar refractivity (Wildman–Crippen MR) is 185 cm³/mol. The highest BCUT2D eigenvalue weighted by atomic mass is 15.0. The van der Waals surface area contributed by atoms with E-state index < -0.39 is 0 Å². The summed E-state index contributed by atoms with van der Waals surface area (Å²) in [5, 5.41) is 7.40. The van der Waals surface area contributed by atoms with Gasteiger partial charge in [-0.25, -0.2) is 9.97 Å². The van der Waals surface area contributed by atoms with Crippen LogP contribution in [0.25, 0.3) is 82.5 Å². The molecule has 5 nitrogen and oxygen atoms in total. The standard InChI is InChI=1S/C40H25N5/c1-5-13-35-29(9-1)30-10-2-6-14-36(30)43(35)26-17-19-39-33(21-26)31-11-3-7-15-37(31)44(39)27-18-20-40-34(22-27)32-12-4-8-16-38(32)45(40)28-23-41-25-42-24-28/h1-25H. The summed E-state index contributed by atoms with van der Waals surface area (Å²) in [6, 6.07) is 48.3. The van der Waals surface area contributed by atoms with E-state index in [0.717, 1.165) is 28.1 Å². The summed E-state index contributed by atoms with van der Waals surface area (Å²) in [6.45, 7) is 0. The molecular weight excluding hydrogens is 550 g/mol. The molecule has 4 heterocycles. The van der Waals surface area contributed by atoms with E-state index in [1.807, 2.05) is 12.4 Å². The Morgan fingerprint density at radius 1 is 0.311 bits per heavy atom. The monoisotopic (exact) mass is 575 g/mol. The topological polar surface area (TPSA) is 40.6 Å². The molecule has 45 heavy (non-hydrogen) atoms. The number of hydrogen-bond donors (Lipinski definition) is 0. The SMILES string of the molecule is c1ccc2c(c1)c1ccccc1n2-c1ccc2c(c1)c1ccccc1n2-c1ccc2c(c1)c1ccccc1n2-c1cncnc1. The van der Waals surface area contributed by atoms with Crippen molar-refractivity contribution in [2.24, 2.45) is 0 Å². The lowest BCUT2D eigenvalue weighted by atomic mass is 10.1. The van der Waals surface area contributed by atoms with Gasteiger partial charge < -0.3 is 13.7 Å². The lowest BCUT2D eigenvalue weighted by Crippen LogP contribution is -1.97. The van der Waals surface area contributed by atoms with Crippen molar-refractivity contribution in [1.82, 2.24) is 23.7 Å². The van der Waals surface area contributed by atoms with Gasteiger partial charge in [-0.2, -0.15) is 0 Å². The van der Waals surface area contributed by atoms with E-state index in [1.54, 1.807) is 6.33 Å². The summed E-state index contributed by atoms with van der Waals surface area (Å²) in [5.41, 5.74) is 10.3. The molecule has 0 atom stereocenters. The normalized spacial score (nSPS) is 12.0. The van der Waals surface area contributed by atoms with Crippen LogP contribution in [0.4, 0.5) is 0 Å². The molecule has 0 spiro atoms. The van der Waals surface area contributed by atoms with Crippen LogP contribution in [0.1, 0.15) is 0 Å². The van der Waals surface area contributed by atoms with Crippen molar-refractivity contribution in [2.75, 3.05) is 0 Å². The number of hydrogen-bond acceptors (Lipinski definition) is 2. The lowest BCUT2D eigenvalue weighted by Gasteiger charge is -2.11. The first kappa shape index (κ1) is 24.3. The van der Waals surface area contributed by atoms with Gasteiger partial charge in [-0.3, -0.25) is 0 Å². The molecule has 0 aliphatic carbocycles. The number of benzene rings is 6. The molecule has 0 radical (unpaired) electrons. The van der Waals surface area contributed by atoms with E-state index in [2.05, 4.69) is 157 Å². The molecule has 10 aromatic rings. The summed E-state index contributed by atoms with van der Waals surface area (Å²) in [7, 11) is 0. The molecule has 6 aromatic carbocycles. The van der Waals surface area contributed by atoms with Crippen LogP contribution >= 0.6 is 0 Å². The fourth-order valence-corrected chi connectivity index (χ4v) is 7.36. The molecular formula is C40H25N5. The average molecular weight is 576 g/mol. The quantitative estimate of drug-likeness (QED) is 0.210. The van der Waals surface area contributed by atoms with E-state index in [-0.39, 0.29) is 0 Å². The van der Waals surface area contributed by atoms with Crippen LogP contribution in [0.5, 0.6) is 0 Å². The summed E-state index contributed by atoms with van der Waals surface area (Å²) in [5.74, 6) is 0. The third kappa shape index (κ3) is 3.38. The Labute approximate surface area is 257 Å². The first-order valence-corrected chi connectivity index (χ1v) is 15.2. The maximum Gasteiger partial charge on any atom is 0.115 e. The molecule has 5 heteroatoms. The van der Waals surface area contributed by atoms with Crippen LogP contribution in [-0.4, -0.2) is 23.7 Å². The minimum atomic E-state index is 0.950. The predicted octanol–water partition coefficient (Wildman–Crippen LogP) is 9.77. The number of nitrogens with zero attached hydrogens (tertiary/aromatic N) is 5. The van der Waals surface area contributed by atoms with Crippen LogP contribution in [0.3, 0.4) is 0 Å². The van der Waals surface area contributed by atoms with Gasteiger partial charge in [0.05, 0.1) is 51.2 Å². The maximum atomic E-state index is 4.30.